The second kappa shape index (κ2) is 13.9. The van der Waals surface area contributed by atoms with Crippen molar-refractivity contribution < 1.29 is 19.0 Å². The molecule has 0 N–H and O–H groups in total. The summed E-state index contributed by atoms with van der Waals surface area (Å²) in [6.45, 7) is 5.75. The molecule has 0 spiro atoms. The number of ether oxygens (including phenoxy) is 3. The van der Waals surface area contributed by atoms with E-state index in [0.29, 0.717) is 43.2 Å². The van der Waals surface area contributed by atoms with E-state index in [1.807, 2.05) is 66.9 Å². The van der Waals surface area contributed by atoms with E-state index < -0.39 is 12.0 Å². The lowest BCUT2D eigenvalue weighted by Gasteiger charge is -2.25. The van der Waals surface area contributed by atoms with Crippen LogP contribution in [0.4, 0.5) is 0 Å². The number of benzene rings is 4. The number of rotatable bonds is 9. The van der Waals surface area contributed by atoms with Gasteiger partial charge in [-0.1, -0.05) is 65.9 Å². The monoisotopic (exact) mass is 728 g/mol. The summed E-state index contributed by atoms with van der Waals surface area (Å²) in [4.78, 5) is 33.8. The van der Waals surface area contributed by atoms with Crippen molar-refractivity contribution in [2.75, 3.05) is 13.4 Å². The van der Waals surface area contributed by atoms with Crippen LogP contribution in [0.1, 0.15) is 43.5 Å². The first-order valence-corrected chi connectivity index (χ1v) is 17.9. The van der Waals surface area contributed by atoms with E-state index in [9.17, 15) is 9.59 Å². The highest BCUT2D eigenvalue weighted by molar-refractivity contribution is 9.10. The van der Waals surface area contributed by atoms with Gasteiger partial charge in [0.25, 0.3) is 5.56 Å². The van der Waals surface area contributed by atoms with Crippen LogP contribution in [0, 0.1) is 0 Å². The number of aromatic nitrogens is 1. The average Bonchev–Trinajstić information content (AvgIpc) is 3.36. The zero-order chi connectivity index (χ0) is 33.2. The third-order valence-corrected chi connectivity index (χ3v) is 10.1. The highest BCUT2D eigenvalue weighted by Gasteiger charge is 2.33. The van der Waals surface area contributed by atoms with Gasteiger partial charge in [-0.15, -0.1) is 11.8 Å². The molecule has 0 fully saturated rings. The van der Waals surface area contributed by atoms with Gasteiger partial charge in [0.1, 0.15) is 6.61 Å². The van der Waals surface area contributed by atoms with Crippen LogP contribution in [-0.2, 0) is 16.1 Å². The third kappa shape index (κ3) is 6.68. The minimum absolute atomic E-state index is 0.249. The van der Waals surface area contributed by atoms with Crippen LogP contribution in [0.2, 0.25) is 0 Å². The summed E-state index contributed by atoms with van der Waals surface area (Å²) in [5.74, 6) is 0.610. The van der Waals surface area contributed by atoms with E-state index in [1.54, 1.807) is 44.2 Å². The summed E-state index contributed by atoms with van der Waals surface area (Å²) in [5, 5.41) is 2.28. The van der Waals surface area contributed by atoms with Crippen LogP contribution < -0.4 is 24.4 Å². The molecule has 240 valence electrons. The Morgan fingerprint density at radius 3 is 2.55 bits per heavy atom. The van der Waals surface area contributed by atoms with E-state index >= 15 is 0 Å². The zero-order valence-corrected chi connectivity index (χ0v) is 29.8. The van der Waals surface area contributed by atoms with Gasteiger partial charge < -0.3 is 14.2 Å². The van der Waals surface area contributed by atoms with Gasteiger partial charge in [0, 0.05) is 4.90 Å². The average molecular weight is 730 g/mol. The first-order valence-electron chi connectivity index (χ1n) is 15.0. The van der Waals surface area contributed by atoms with Gasteiger partial charge in [-0.25, -0.2) is 9.79 Å². The summed E-state index contributed by atoms with van der Waals surface area (Å²) in [6, 6.07) is 25.3. The Morgan fingerprint density at radius 2 is 1.83 bits per heavy atom. The predicted octanol–water partition coefficient (Wildman–Crippen LogP) is 7.41. The third-order valence-electron chi connectivity index (χ3n) is 7.82. The van der Waals surface area contributed by atoms with Crippen molar-refractivity contribution in [3.8, 4) is 11.5 Å². The van der Waals surface area contributed by atoms with Gasteiger partial charge in [0.05, 0.1) is 39.5 Å². The summed E-state index contributed by atoms with van der Waals surface area (Å²) in [7, 11) is 1.59. The van der Waals surface area contributed by atoms with E-state index in [-0.39, 0.29) is 11.7 Å². The van der Waals surface area contributed by atoms with Crippen LogP contribution in [0.25, 0.3) is 16.8 Å². The molecule has 0 saturated heterocycles. The van der Waals surface area contributed by atoms with Gasteiger partial charge in [-0.3, -0.25) is 9.36 Å². The Balaban J connectivity index is 1.39. The fourth-order valence-corrected chi connectivity index (χ4v) is 7.67. The second-order valence-electron chi connectivity index (χ2n) is 11.3. The molecule has 0 saturated carbocycles. The lowest BCUT2D eigenvalue weighted by atomic mass is 9.96. The quantitative estimate of drug-likeness (QED) is 0.116. The van der Waals surface area contributed by atoms with Crippen molar-refractivity contribution in [1.29, 1.82) is 0 Å². The number of hydrogen-bond acceptors (Lipinski definition) is 8. The van der Waals surface area contributed by atoms with Crippen molar-refractivity contribution >= 4 is 61.8 Å². The number of carbonyl (C=O) groups is 1. The molecule has 1 aliphatic rings. The molecule has 0 amide bonds. The Bertz CT molecular complexity index is 2200. The number of fused-ring (bicyclic) bond motifs is 2. The lowest BCUT2D eigenvalue weighted by Crippen LogP contribution is -2.40. The van der Waals surface area contributed by atoms with E-state index in [4.69, 9.17) is 19.2 Å². The van der Waals surface area contributed by atoms with E-state index in [1.165, 1.54) is 11.3 Å². The molecule has 6 rings (SSSR count). The Kier molecular flexibility index (Phi) is 9.72. The van der Waals surface area contributed by atoms with Crippen LogP contribution in [-0.4, -0.2) is 30.0 Å². The minimum Gasteiger partial charge on any atom is -0.493 e. The Morgan fingerprint density at radius 1 is 1.09 bits per heavy atom. The molecule has 4 aromatic carbocycles. The molecule has 5 aromatic rings. The Hall–Kier alpha value is -4.12. The topological polar surface area (TPSA) is 79.1 Å². The van der Waals surface area contributed by atoms with Gasteiger partial charge >= 0.3 is 5.97 Å². The van der Waals surface area contributed by atoms with Crippen molar-refractivity contribution in [1.82, 2.24) is 4.57 Å². The molecule has 2 heterocycles. The van der Waals surface area contributed by atoms with Crippen molar-refractivity contribution in [3.63, 3.8) is 0 Å². The number of halogens is 1. The SMILES string of the molecule is COc1cc(/C=c2\sc3n(c2=O)[C@H](c2ccc(SC)cc2)C(C(=O)OC(C)C)=C(C)N=3)cc(Br)c1OCc1cccc2ccccc12. The van der Waals surface area contributed by atoms with Crippen LogP contribution >= 0.6 is 39.0 Å². The molecule has 0 unspecified atom stereocenters. The molecule has 10 heteroatoms. The fraction of sp³-hybridized carbons (Fsp3) is 0.216. The van der Waals surface area contributed by atoms with Gasteiger partial charge in [0.15, 0.2) is 16.3 Å². The summed E-state index contributed by atoms with van der Waals surface area (Å²) in [6.07, 6.45) is 3.49. The lowest BCUT2D eigenvalue weighted by molar-refractivity contribution is -0.143. The van der Waals surface area contributed by atoms with E-state index in [0.717, 1.165) is 32.4 Å². The molecule has 0 aliphatic carbocycles. The molecular weight excluding hydrogens is 696 g/mol. The standard InChI is InChI=1S/C37H33BrN2O5S2/c1-21(2)45-36(42)32-22(3)39-37-40(33(32)25-13-15-27(46-5)16-14-25)35(41)31(47-37)19-23-17-29(38)34(30(18-23)43-4)44-20-26-11-8-10-24-9-6-7-12-28(24)26/h6-19,21,33H,20H2,1-5H3/b31-19-/t33-/m1/s1. The van der Waals surface area contributed by atoms with Gasteiger partial charge in [-0.05, 0) is 101 Å². The van der Waals surface area contributed by atoms with Crippen LogP contribution in [0.5, 0.6) is 11.5 Å². The number of allylic oxidation sites excluding steroid dienone is 1. The van der Waals surface area contributed by atoms with Crippen molar-refractivity contribution in [2.24, 2.45) is 4.99 Å². The molecule has 0 radical (unpaired) electrons. The predicted molar refractivity (Wildman–Crippen MR) is 192 cm³/mol. The van der Waals surface area contributed by atoms with Crippen LogP contribution in [0.3, 0.4) is 0 Å². The smallest absolute Gasteiger partial charge is 0.338 e. The van der Waals surface area contributed by atoms with E-state index in [2.05, 4.69) is 40.2 Å². The van der Waals surface area contributed by atoms with Crippen LogP contribution in [0.15, 0.2) is 109 Å². The Labute approximate surface area is 289 Å². The first kappa shape index (κ1) is 32.8. The number of esters is 1. The maximum atomic E-state index is 14.1. The number of hydrogen-bond donors (Lipinski definition) is 0. The summed E-state index contributed by atoms with van der Waals surface area (Å²) >= 11 is 6.57. The largest absolute Gasteiger partial charge is 0.493 e. The number of carbonyl (C=O) groups excluding carboxylic acids is 1. The number of thiazole rings is 1. The number of thioether (sulfide) groups is 1. The molecule has 47 heavy (non-hydrogen) atoms. The van der Waals surface area contributed by atoms with Crippen molar-refractivity contribution in [2.45, 2.75) is 44.4 Å². The molecule has 1 aliphatic heterocycles. The molecule has 0 bridgehead atoms. The second-order valence-corrected chi connectivity index (χ2v) is 14.0. The maximum Gasteiger partial charge on any atom is 0.338 e. The molecule has 1 aromatic heterocycles. The summed E-state index contributed by atoms with van der Waals surface area (Å²) < 4.78 is 20.4. The molecular formula is C37H33BrN2O5S2. The highest BCUT2D eigenvalue weighted by atomic mass is 79.9. The van der Waals surface area contributed by atoms with Gasteiger partial charge in [-0.2, -0.15) is 0 Å². The highest BCUT2D eigenvalue weighted by Crippen LogP contribution is 2.38. The normalized spacial score (nSPS) is 14.7. The zero-order valence-electron chi connectivity index (χ0n) is 26.6. The fourth-order valence-electron chi connectivity index (χ4n) is 5.64. The first-order chi connectivity index (χ1) is 22.7. The molecule has 7 nitrogen and oxygen atoms in total. The number of nitrogens with zero attached hydrogens (tertiary/aromatic N) is 2. The maximum absolute atomic E-state index is 14.1. The summed E-state index contributed by atoms with van der Waals surface area (Å²) in [5.41, 5.74) is 3.24. The molecule has 1 atom stereocenters. The minimum atomic E-state index is -0.679. The number of methoxy groups -OCH3 is 1. The van der Waals surface area contributed by atoms with Gasteiger partial charge in [0.2, 0.25) is 0 Å². The van der Waals surface area contributed by atoms with Crippen molar-refractivity contribution in [3.05, 3.63) is 131 Å².